The van der Waals surface area contributed by atoms with Crippen LogP contribution in [0.15, 0.2) is 24.3 Å². The van der Waals surface area contributed by atoms with Crippen LogP contribution in [0.5, 0.6) is 0 Å². The summed E-state index contributed by atoms with van der Waals surface area (Å²) >= 11 is 0. The maximum atomic E-state index is 12.2. The van der Waals surface area contributed by atoms with Crippen LogP contribution >= 0.6 is 0 Å². The number of benzene rings is 1. The molecule has 0 bridgehead atoms. The number of ether oxygens (including phenoxy) is 1. The van der Waals surface area contributed by atoms with Crippen LogP contribution < -0.4 is 5.73 Å². The van der Waals surface area contributed by atoms with Crippen LogP contribution in [0.4, 0.5) is 0 Å². The first kappa shape index (κ1) is 13.1. The Morgan fingerprint density at radius 3 is 2.61 bits per heavy atom. The SMILES string of the molecule is Cc1ccc(CN(C)C(=O)C2COCC2N)cc1. The number of aryl methyl sites for hydroxylation is 1. The number of nitrogens with two attached hydrogens (primary N) is 1. The molecular formula is C14H20N2O2. The first-order valence-corrected chi connectivity index (χ1v) is 6.22. The Bertz CT molecular complexity index is 416. The average Bonchev–Trinajstić information content (AvgIpc) is 2.77. The van der Waals surface area contributed by atoms with E-state index < -0.39 is 0 Å². The van der Waals surface area contributed by atoms with E-state index in [1.54, 1.807) is 4.90 Å². The molecule has 2 unspecified atom stereocenters. The van der Waals surface area contributed by atoms with E-state index in [9.17, 15) is 4.79 Å². The summed E-state index contributed by atoms with van der Waals surface area (Å²) in [5, 5.41) is 0. The lowest BCUT2D eigenvalue weighted by molar-refractivity contribution is -0.135. The van der Waals surface area contributed by atoms with Crippen LogP contribution in [0.3, 0.4) is 0 Å². The topological polar surface area (TPSA) is 55.6 Å². The fourth-order valence-corrected chi connectivity index (χ4v) is 2.15. The summed E-state index contributed by atoms with van der Waals surface area (Å²) in [6.07, 6.45) is 0. The van der Waals surface area contributed by atoms with E-state index >= 15 is 0 Å². The molecule has 0 spiro atoms. The monoisotopic (exact) mass is 248 g/mol. The molecule has 1 aliphatic heterocycles. The van der Waals surface area contributed by atoms with Gasteiger partial charge in [-0.3, -0.25) is 4.79 Å². The van der Waals surface area contributed by atoms with Crippen molar-refractivity contribution in [1.29, 1.82) is 0 Å². The highest BCUT2D eigenvalue weighted by Gasteiger charge is 2.33. The Hall–Kier alpha value is -1.39. The van der Waals surface area contributed by atoms with Crippen molar-refractivity contribution in [2.75, 3.05) is 20.3 Å². The van der Waals surface area contributed by atoms with Crippen LogP contribution in [0.1, 0.15) is 11.1 Å². The van der Waals surface area contributed by atoms with Crippen LogP contribution in [0.2, 0.25) is 0 Å². The zero-order valence-corrected chi connectivity index (χ0v) is 10.9. The molecule has 98 valence electrons. The minimum Gasteiger partial charge on any atom is -0.379 e. The highest BCUT2D eigenvalue weighted by Crippen LogP contribution is 2.16. The number of nitrogens with zero attached hydrogens (tertiary/aromatic N) is 1. The molecule has 2 N–H and O–H groups in total. The third-order valence-electron chi connectivity index (χ3n) is 3.36. The molecule has 4 heteroatoms. The van der Waals surface area contributed by atoms with Gasteiger partial charge in [-0.25, -0.2) is 0 Å². The highest BCUT2D eigenvalue weighted by molar-refractivity contribution is 5.79. The van der Waals surface area contributed by atoms with Crippen LogP contribution in [0, 0.1) is 12.8 Å². The van der Waals surface area contributed by atoms with Crippen molar-refractivity contribution in [2.45, 2.75) is 19.5 Å². The highest BCUT2D eigenvalue weighted by atomic mass is 16.5. The molecule has 1 fully saturated rings. The summed E-state index contributed by atoms with van der Waals surface area (Å²) in [5.74, 6) is -0.124. The number of hydrogen-bond acceptors (Lipinski definition) is 3. The summed E-state index contributed by atoms with van der Waals surface area (Å²) < 4.78 is 5.23. The van der Waals surface area contributed by atoms with Crippen molar-refractivity contribution in [3.05, 3.63) is 35.4 Å². The molecule has 2 atom stereocenters. The Kier molecular flexibility index (Phi) is 3.99. The van der Waals surface area contributed by atoms with E-state index in [2.05, 4.69) is 12.1 Å². The van der Waals surface area contributed by atoms with E-state index in [1.165, 1.54) is 5.56 Å². The van der Waals surface area contributed by atoms with Crippen molar-refractivity contribution < 1.29 is 9.53 Å². The Labute approximate surface area is 108 Å². The minimum absolute atomic E-state index is 0.0700. The van der Waals surface area contributed by atoms with Crippen molar-refractivity contribution in [1.82, 2.24) is 4.90 Å². The summed E-state index contributed by atoms with van der Waals surface area (Å²) in [4.78, 5) is 13.9. The number of rotatable bonds is 3. The molecule has 1 aromatic rings. The van der Waals surface area contributed by atoms with Gasteiger partial charge in [0.05, 0.1) is 19.1 Å². The van der Waals surface area contributed by atoms with Gasteiger partial charge in [0.1, 0.15) is 0 Å². The minimum atomic E-state index is -0.194. The largest absolute Gasteiger partial charge is 0.379 e. The molecule has 1 saturated heterocycles. The fourth-order valence-electron chi connectivity index (χ4n) is 2.15. The fraction of sp³-hybridized carbons (Fsp3) is 0.500. The van der Waals surface area contributed by atoms with Gasteiger partial charge in [0, 0.05) is 19.6 Å². The predicted molar refractivity (Wildman–Crippen MR) is 69.9 cm³/mol. The molecule has 18 heavy (non-hydrogen) atoms. The van der Waals surface area contributed by atoms with Crippen molar-refractivity contribution in [2.24, 2.45) is 11.7 Å². The van der Waals surface area contributed by atoms with Gasteiger partial charge in [0.25, 0.3) is 0 Å². The molecule has 0 aromatic heterocycles. The molecule has 1 heterocycles. The van der Waals surface area contributed by atoms with E-state index in [1.807, 2.05) is 26.1 Å². The molecule has 0 aliphatic carbocycles. The maximum absolute atomic E-state index is 12.2. The van der Waals surface area contributed by atoms with Crippen LogP contribution in [0.25, 0.3) is 0 Å². The van der Waals surface area contributed by atoms with Crippen LogP contribution in [-0.2, 0) is 16.1 Å². The first-order valence-electron chi connectivity index (χ1n) is 6.22. The number of carbonyl (C=O) groups is 1. The first-order chi connectivity index (χ1) is 8.58. The summed E-state index contributed by atoms with van der Waals surface area (Å²) in [6, 6.07) is 8.03. The van der Waals surface area contributed by atoms with E-state index in [0.717, 1.165) is 5.56 Å². The summed E-state index contributed by atoms with van der Waals surface area (Å²) in [7, 11) is 1.81. The Morgan fingerprint density at radius 1 is 1.39 bits per heavy atom. The number of carbonyl (C=O) groups excluding carboxylic acids is 1. The molecule has 1 aliphatic rings. The van der Waals surface area contributed by atoms with Gasteiger partial charge < -0.3 is 15.4 Å². The third kappa shape index (κ3) is 2.89. The summed E-state index contributed by atoms with van der Waals surface area (Å²) in [5.41, 5.74) is 8.21. The van der Waals surface area contributed by atoms with Gasteiger partial charge in [0.2, 0.25) is 5.91 Å². The third-order valence-corrected chi connectivity index (χ3v) is 3.36. The maximum Gasteiger partial charge on any atom is 0.229 e. The lowest BCUT2D eigenvalue weighted by atomic mass is 10.0. The zero-order valence-electron chi connectivity index (χ0n) is 10.9. The molecule has 4 nitrogen and oxygen atoms in total. The zero-order chi connectivity index (χ0) is 13.1. The van der Waals surface area contributed by atoms with E-state index in [4.69, 9.17) is 10.5 Å². The molecule has 1 aromatic carbocycles. The standard InChI is InChI=1S/C14H20N2O2/c1-10-3-5-11(6-4-10)7-16(2)14(17)12-8-18-9-13(12)15/h3-6,12-13H,7-9,15H2,1-2H3. The van der Waals surface area contributed by atoms with Gasteiger partial charge in [-0.15, -0.1) is 0 Å². The van der Waals surface area contributed by atoms with Gasteiger partial charge in [0.15, 0.2) is 0 Å². The van der Waals surface area contributed by atoms with Gasteiger partial charge in [-0.1, -0.05) is 29.8 Å². The van der Waals surface area contributed by atoms with Crippen molar-refractivity contribution in [3.63, 3.8) is 0 Å². The molecule has 1 amide bonds. The second-order valence-corrected chi connectivity index (χ2v) is 4.99. The molecule has 0 radical (unpaired) electrons. The smallest absolute Gasteiger partial charge is 0.229 e. The number of hydrogen-bond donors (Lipinski definition) is 1. The van der Waals surface area contributed by atoms with Crippen LogP contribution in [-0.4, -0.2) is 37.1 Å². The molecule has 0 saturated carbocycles. The summed E-state index contributed by atoms with van der Waals surface area (Å²) in [6.45, 7) is 3.59. The molecule has 2 rings (SSSR count). The Balaban J connectivity index is 1.97. The molecular weight excluding hydrogens is 228 g/mol. The van der Waals surface area contributed by atoms with Gasteiger partial charge >= 0.3 is 0 Å². The second kappa shape index (κ2) is 5.50. The quantitative estimate of drug-likeness (QED) is 0.865. The van der Waals surface area contributed by atoms with E-state index in [-0.39, 0.29) is 17.9 Å². The second-order valence-electron chi connectivity index (χ2n) is 4.99. The van der Waals surface area contributed by atoms with Crippen molar-refractivity contribution in [3.8, 4) is 0 Å². The normalized spacial score (nSPS) is 23.1. The Morgan fingerprint density at radius 2 is 2.06 bits per heavy atom. The van der Waals surface area contributed by atoms with Gasteiger partial charge in [-0.05, 0) is 12.5 Å². The predicted octanol–water partition coefficient (Wildman–Crippen LogP) is 0.927. The average molecular weight is 248 g/mol. The number of amides is 1. The lowest BCUT2D eigenvalue weighted by Crippen LogP contribution is -2.41. The van der Waals surface area contributed by atoms with E-state index in [0.29, 0.717) is 19.8 Å². The van der Waals surface area contributed by atoms with Gasteiger partial charge in [-0.2, -0.15) is 0 Å². The lowest BCUT2D eigenvalue weighted by Gasteiger charge is -2.22. The van der Waals surface area contributed by atoms with Crippen molar-refractivity contribution >= 4 is 5.91 Å².